The van der Waals surface area contributed by atoms with Gasteiger partial charge in [0.1, 0.15) is 11.2 Å². The van der Waals surface area contributed by atoms with Gasteiger partial charge in [-0.25, -0.2) is 0 Å². The van der Waals surface area contributed by atoms with E-state index in [1.165, 1.54) is 17.0 Å². The first-order valence-electron chi connectivity index (χ1n) is 25.3. The molecular weight excluding hydrogens is 631 g/mol. The number of para-hydroxylation sites is 2. The SMILES string of the molecule is [2H]c1c([2H])c([2H])c(-c2ccc(N(c3ccccc3-c3cccc4ccccc34)c3c([2H])c([2H])c(-c4c([2H])c([2H])c5c(c4[2H])c([2H])c([2H])c4oc6c([2H])c([2H])c([2H])c([2H])c6c45)c([2H])c3[2H])cc2)c([2H])c1[2H]. The molecule has 0 spiro atoms. The lowest BCUT2D eigenvalue weighted by atomic mass is 9.95. The van der Waals surface area contributed by atoms with Crippen LogP contribution in [-0.2, 0) is 0 Å². The maximum atomic E-state index is 9.69. The summed E-state index contributed by atoms with van der Waals surface area (Å²) < 4.78 is 166. The van der Waals surface area contributed by atoms with Gasteiger partial charge in [0.15, 0.2) is 0 Å². The first-order valence-corrected chi connectivity index (χ1v) is 16.3. The fraction of sp³-hybridized carbons (Fsp3) is 0. The van der Waals surface area contributed by atoms with Gasteiger partial charge in [-0.15, -0.1) is 0 Å². The van der Waals surface area contributed by atoms with Crippen LogP contribution >= 0.6 is 0 Å². The first-order chi connectivity index (χ1) is 33.3. The van der Waals surface area contributed by atoms with Crippen LogP contribution in [0.25, 0.3) is 76.9 Å². The third-order valence-electron chi connectivity index (χ3n) is 8.92. The zero-order valence-electron chi connectivity index (χ0n) is 45.0. The van der Waals surface area contributed by atoms with E-state index in [0.717, 1.165) is 16.3 Å². The van der Waals surface area contributed by atoms with Crippen LogP contribution in [0.4, 0.5) is 17.1 Å². The number of hydrogen-bond donors (Lipinski definition) is 0. The molecule has 1 heterocycles. The number of furan rings is 1. The molecule has 244 valence electrons. The van der Waals surface area contributed by atoms with Crippen LogP contribution in [0.2, 0.25) is 0 Å². The van der Waals surface area contributed by atoms with E-state index in [-0.39, 0.29) is 49.8 Å². The van der Waals surface area contributed by atoms with Crippen LogP contribution in [0, 0.1) is 0 Å². The van der Waals surface area contributed by atoms with E-state index < -0.39 is 125 Å². The second kappa shape index (κ2) is 12.5. The molecule has 0 aliphatic carbocycles. The molecule has 1 aromatic heterocycles. The Morgan fingerprint density at radius 3 is 2.00 bits per heavy atom. The quantitative estimate of drug-likeness (QED) is 0.174. The third kappa shape index (κ3) is 5.12. The normalized spacial score (nSPS) is 16.3. The minimum absolute atomic E-state index is 0.0603. The molecule has 0 radical (unpaired) electrons. The summed E-state index contributed by atoms with van der Waals surface area (Å²) >= 11 is 0. The summed E-state index contributed by atoms with van der Waals surface area (Å²) in [5.74, 6) is 0. The second-order valence-corrected chi connectivity index (χ2v) is 11.9. The molecule has 0 aliphatic rings. The molecule has 0 aliphatic heterocycles. The molecule has 2 nitrogen and oxygen atoms in total. The van der Waals surface area contributed by atoms with Gasteiger partial charge >= 0.3 is 0 Å². The summed E-state index contributed by atoms with van der Waals surface area (Å²) in [4.78, 5) is 1.50. The van der Waals surface area contributed by atoms with E-state index in [1.54, 1.807) is 30.3 Å². The van der Waals surface area contributed by atoms with Crippen LogP contribution in [0.15, 0.2) is 204 Å². The first kappa shape index (κ1) is 16.9. The standard InChI is InChI=1S/C50H33NO/c1-2-11-34(12-3-1)35-21-27-40(28-22-35)51(47-19-8-6-16-45(47)44-18-10-14-37-13-4-5-15-42(37)44)41-29-23-36(24-30-41)38-25-31-43-39(33-38)26-32-49-50(43)46-17-7-9-20-48(46)52-49/h1-33H/i1D,2D,3D,7D,9D,11D,12D,17D,20D,23D,24D,25D,26D,29D,30D,31D,32D,33D. The van der Waals surface area contributed by atoms with E-state index in [2.05, 4.69) is 0 Å². The Kier molecular flexibility index (Phi) is 4.04. The van der Waals surface area contributed by atoms with Crippen LogP contribution < -0.4 is 4.90 Å². The van der Waals surface area contributed by atoms with Crippen LogP contribution in [-0.4, -0.2) is 0 Å². The topological polar surface area (TPSA) is 16.4 Å². The maximum Gasteiger partial charge on any atom is 0.136 e. The summed E-state index contributed by atoms with van der Waals surface area (Å²) in [5, 5.41) is 0.660. The van der Waals surface area contributed by atoms with Crippen molar-refractivity contribution in [1.82, 2.24) is 0 Å². The van der Waals surface area contributed by atoms with Crippen molar-refractivity contribution in [1.29, 1.82) is 0 Å². The molecule has 10 rings (SSSR count). The van der Waals surface area contributed by atoms with Crippen LogP contribution in [0.5, 0.6) is 0 Å². The fourth-order valence-corrected chi connectivity index (χ4v) is 6.54. The minimum atomic E-state index is -0.749. The van der Waals surface area contributed by atoms with Gasteiger partial charge in [0.2, 0.25) is 0 Å². The van der Waals surface area contributed by atoms with Gasteiger partial charge in [-0.3, -0.25) is 0 Å². The Morgan fingerprint density at radius 2 is 1.12 bits per heavy atom. The molecular formula is C50H33NO. The van der Waals surface area contributed by atoms with Gasteiger partial charge in [0.05, 0.1) is 30.4 Å². The lowest BCUT2D eigenvalue weighted by molar-refractivity contribution is 0.669. The number of fused-ring (bicyclic) bond motifs is 6. The largest absolute Gasteiger partial charge is 0.456 e. The molecule has 10 aromatic rings. The Morgan fingerprint density at radius 1 is 0.404 bits per heavy atom. The molecule has 52 heavy (non-hydrogen) atoms. The highest BCUT2D eigenvalue weighted by molar-refractivity contribution is 6.19. The Bertz CT molecular complexity index is 3880. The van der Waals surface area contributed by atoms with Crippen LogP contribution in [0.3, 0.4) is 0 Å². The van der Waals surface area contributed by atoms with Crippen molar-refractivity contribution in [3.8, 4) is 33.4 Å². The van der Waals surface area contributed by atoms with Crippen LogP contribution in [0.1, 0.15) is 24.7 Å². The molecule has 0 atom stereocenters. The van der Waals surface area contributed by atoms with Gasteiger partial charge in [-0.2, -0.15) is 0 Å². The van der Waals surface area contributed by atoms with Crippen molar-refractivity contribution >= 4 is 60.5 Å². The highest BCUT2D eigenvalue weighted by Crippen LogP contribution is 2.44. The van der Waals surface area contributed by atoms with E-state index in [9.17, 15) is 9.60 Å². The summed E-state index contributed by atoms with van der Waals surface area (Å²) in [6.07, 6.45) is 0. The molecule has 0 saturated heterocycles. The Balaban J connectivity index is 1.25. The molecule has 0 fully saturated rings. The summed E-state index contributed by atoms with van der Waals surface area (Å²) in [6.45, 7) is 0. The smallest absolute Gasteiger partial charge is 0.136 e. The van der Waals surface area contributed by atoms with Gasteiger partial charge in [-0.1, -0.05) is 151 Å². The van der Waals surface area contributed by atoms with E-state index in [4.69, 9.17) is 19.5 Å². The molecule has 0 saturated carbocycles. The predicted octanol–water partition coefficient (Wildman–Crippen LogP) is 14.4. The molecule has 0 amide bonds. The minimum Gasteiger partial charge on any atom is -0.456 e. The molecule has 2 heteroatoms. The predicted molar refractivity (Wildman–Crippen MR) is 220 cm³/mol. The van der Waals surface area contributed by atoms with Crippen molar-refractivity contribution in [2.75, 3.05) is 4.90 Å². The average molecular weight is 682 g/mol. The van der Waals surface area contributed by atoms with Crippen molar-refractivity contribution in [2.24, 2.45) is 0 Å². The van der Waals surface area contributed by atoms with E-state index >= 15 is 0 Å². The number of nitrogens with zero attached hydrogens (tertiary/aromatic N) is 1. The zero-order valence-corrected chi connectivity index (χ0v) is 27.0. The van der Waals surface area contributed by atoms with Crippen molar-refractivity contribution < 1.29 is 29.1 Å². The number of benzene rings is 9. The monoisotopic (exact) mass is 681 g/mol. The zero-order chi connectivity index (χ0) is 50.1. The number of rotatable bonds is 6. The molecule has 0 bridgehead atoms. The average Bonchev–Trinajstić information content (AvgIpc) is 3.77. The summed E-state index contributed by atoms with van der Waals surface area (Å²) in [5.41, 5.74) is 0.147. The van der Waals surface area contributed by atoms with Gasteiger partial charge in [0, 0.05) is 27.7 Å². The van der Waals surface area contributed by atoms with Crippen molar-refractivity contribution in [3.63, 3.8) is 0 Å². The molecule has 0 N–H and O–H groups in total. The number of hydrogen-bond acceptors (Lipinski definition) is 2. The highest BCUT2D eigenvalue weighted by atomic mass is 16.3. The fourth-order valence-electron chi connectivity index (χ4n) is 6.54. The van der Waals surface area contributed by atoms with Gasteiger partial charge in [-0.05, 0) is 97.8 Å². The maximum absolute atomic E-state index is 9.69. The molecule has 9 aromatic carbocycles. The molecule has 0 unspecified atom stereocenters. The van der Waals surface area contributed by atoms with E-state index in [0.29, 0.717) is 11.3 Å². The number of anilines is 3. The van der Waals surface area contributed by atoms with Crippen molar-refractivity contribution in [3.05, 3.63) is 200 Å². The lowest BCUT2D eigenvalue weighted by Gasteiger charge is -2.28. The second-order valence-electron chi connectivity index (χ2n) is 11.9. The lowest BCUT2D eigenvalue weighted by Crippen LogP contribution is -2.11. The highest BCUT2D eigenvalue weighted by Gasteiger charge is 2.19. The third-order valence-corrected chi connectivity index (χ3v) is 8.92. The van der Waals surface area contributed by atoms with Crippen molar-refractivity contribution in [2.45, 2.75) is 0 Å². The van der Waals surface area contributed by atoms with Gasteiger partial charge in [0.25, 0.3) is 0 Å². The summed E-state index contributed by atoms with van der Waals surface area (Å²) in [7, 11) is 0. The summed E-state index contributed by atoms with van der Waals surface area (Å²) in [6, 6.07) is 15.7. The Hall–Kier alpha value is -6.90. The van der Waals surface area contributed by atoms with Gasteiger partial charge < -0.3 is 9.32 Å². The Labute approximate surface area is 327 Å². The van der Waals surface area contributed by atoms with E-state index in [1.807, 2.05) is 48.5 Å².